The highest BCUT2D eigenvalue weighted by Gasteiger charge is 2.28. The van der Waals surface area contributed by atoms with Gasteiger partial charge in [-0.2, -0.15) is 0 Å². The molecule has 2 amide bonds. The number of amides is 2. The second-order valence-electron chi connectivity index (χ2n) is 5.68. The molecule has 0 aliphatic heterocycles. The van der Waals surface area contributed by atoms with E-state index in [1.165, 1.54) is 11.1 Å². The molecule has 0 heterocycles. The van der Waals surface area contributed by atoms with Gasteiger partial charge in [0.2, 0.25) is 0 Å². The zero-order valence-corrected chi connectivity index (χ0v) is 13.0. The van der Waals surface area contributed by atoms with Crippen LogP contribution in [0.15, 0.2) is 24.3 Å². The van der Waals surface area contributed by atoms with Gasteiger partial charge in [-0.05, 0) is 17.5 Å². The molecule has 0 saturated carbocycles. The highest BCUT2D eigenvalue weighted by molar-refractivity contribution is 5.86. The van der Waals surface area contributed by atoms with E-state index in [-0.39, 0.29) is 12.6 Å². The minimum absolute atomic E-state index is 0.202. The van der Waals surface area contributed by atoms with Gasteiger partial charge in [-0.3, -0.25) is 0 Å². The Morgan fingerprint density at radius 3 is 2.36 bits per heavy atom. The molecule has 0 spiro atoms. The first-order chi connectivity index (χ1) is 10.6. The maximum absolute atomic E-state index is 12.1. The quantitative estimate of drug-likeness (QED) is 0.811. The van der Waals surface area contributed by atoms with Crippen LogP contribution >= 0.6 is 0 Å². The lowest BCUT2D eigenvalue weighted by atomic mass is 10.1. The predicted molar refractivity (Wildman–Crippen MR) is 83.0 cm³/mol. The van der Waals surface area contributed by atoms with Gasteiger partial charge < -0.3 is 9.84 Å². The van der Waals surface area contributed by atoms with E-state index in [9.17, 15) is 14.7 Å². The summed E-state index contributed by atoms with van der Waals surface area (Å²) in [6.45, 7) is 2.29. The fraction of sp³-hybridized carbons (Fsp3) is 0.529. The number of rotatable bonds is 6. The van der Waals surface area contributed by atoms with E-state index in [0.717, 1.165) is 24.2 Å². The van der Waals surface area contributed by atoms with E-state index in [1.807, 2.05) is 24.3 Å². The molecule has 1 aromatic carbocycles. The Morgan fingerprint density at radius 1 is 1.18 bits per heavy atom. The van der Waals surface area contributed by atoms with Gasteiger partial charge >= 0.3 is 12.2 Å². The normalized spacial score (nSPS) is 13.7. The Hall–Kier alpha value is -2.04. The predicted octanol–water partition coefficient (Wildman–Crippen LogP) is 3.85. The number of hydrogen-bond donors (Lipinski definition) is 1. The van der Waals surface area contributed by atoms with Crippen LogP contribution in [0.25, 0.3) is 0 Å². The number of hydrogen-bond acceptors (Lipinski definition) is 3. The lowest BCUT2D eigenvalue weighted by Crippen LogP contribution is -2.39. The zero-order chi connectivity index (χ0) is 15.9. The van der Waals surface area contributed by atoms with Crippen LogP contribution < -0.4 is 0 Å². The van der Waals surface area contributed by atoms with Crippen molar-refractivity contribution >= 4 is 12.2 Å². The number of carboxylic acid groups (broad SMARTS) is 1. The number of carbonyl (C=O) groups is 2. The smallest absolute Gasteiger partial charge is 0.419 e. The van der Waals surface area contributed by atoms with Crippen LogP contribution in [0.4, 0.5) is 9.59 Å². The fourth-order valence-corrected chi connectivity index (χ4v) is 2.77. The molecule has 1 aliphatic carbocycles. The zero-order valence-electron chi connectivity index (χ0n) is 13.0. The summed E-state index contributed by atoms with van der Waals surface area (Å²) in [7, 11) is 0. The summed E-state index contributed by atoms with van der Waals surface area (Å²) in [5.41, 5.74) is 2.34. The van der Waals surface area contributed by atoms with Crippen molar-refractivity contribution in [1.29, 1.82) is 0 Å². The average molecular weight is 305 g/mol. The number of carbonyl (C=O) groups excluding carboxylic acids is 1. The van der Waals surface area contributed by atoms with Crippen molar-refractivity contribution < 1.29 is 19.4 Å². The molecule has 22 heavy (non-hydrogen) atoms. The van der Waals surface area contributed by atoms with Gasteiger partial charge in [0, 0.05) is 19.4 Å². The molecule has 0 bridgehead atoms. The number of fused-ring (bicyclic) bond motifs is 1. The molecule has 0 unspecified atom stereocenters. The van der Waals surface area contributed by atoms with Crippen molar-refractivity contribution in [2.24, 2.45) is 0 Å². The highest BCUT2D eigenvalue weighted by Crippen LogP contribution is 2.24. The van der Waals surface area contributed by atoms with Gasteiger partial charge in [0.05, 0.1) is 0 Å². The van der Waals surface area contributed by atoms with Crippen molar-refractivity contribution in [3.63, 3.8) is 0 Å². The van der Waals surface area contributed by atoms with Crippen LogP contribution in [0.3, 0.4) is 0 Å². The van der Waals surface area contributed by atoms with Crippen molar-refractivity contribution in [2.75, 3.05) is 6.54 Å². The molecule has 0 atom stereocenters. The second-order valence-corrected chi connectivity index (χ2v) is 5.68. The summed E-state index contributed by atoms with van der Waals surface area (Å²) >= 11 is 0. The Kier molecular flexibility index (Phi) is 5.81. The van der Waals surface area contributed by atoms with E-state index < -0.39 is 12.2 Å². The first-order valence-electron chi connectivity index (χ1n) is 7.89. The van der Waals surface area contributed by atoms with Gasteiger partial charge in [-0.15, -0.1) is 0 Å². The summed E-state index contributed by atoms with van der Waals surface area (Å²) in [5.74, 6) is 0. The Labute approximate surface area is 130 Å². The van der Waals surface area contributed by atoms with Crippen LogP contribution in [0.5, 0.6) is 0 Å². The molecular formula is C17H23NO4. The van der Waals surface area contributed by atoms with Crippen LogP contribution in [0.2, 0.25) is 0 Å². The van der Waals surface area contributed by atoms with E-state index in [4.69, 9.17) is 4.74 Å². The molecule has 0 aromatic heterocycles. The molecule has 1 aromatic rings. The highest BCUT2D eigenvalue weighted by atomic mass is 16.6. The Balaban J connectivity index is 1.85. The first kappa shape index (κ1) is 16.3. The lowest BCUT2D eigenvalue weighted by molar-refractivity contribution is 0.0649. The van der Waals surface area contributed by atoms with Gasteiger partial charge in [0.25, 0.3) is 0 Å². The minimum Gasteiger partial charge on any atom is -0.465 e. The Bertz CT molecular complexity index is 504. The SMILES string of the molecule is CCCCCCN(C(=O)O)C(=O)OC1Cc2ccccc2C1. The van der Waals surface area contributed by atoms with Gasteiger partial charge in [-0.25, -0.2) is 14.5 Å². The number of ether oxygens (including phenoxy) is 1. The van der Waals surface area contributed by atoms with Gasteiger partial charge in [-0.1, -0.05) is 50.5 Å². The van der Waals surface area contributed by atoms with Crippen molar-refractivity contribution in [3.8, 4) is 0 Å². The molecule has 0 saturated heterocycles. The van der Waals surface area contributed by atoms with E-state index in [0.29, 0.717) is 19.3 Å². The molecule has 0 fully saturated rings. The molecule has 120 valence electrons. The topological polar surface area (TPSA) is 66.8 Å². The van der Waals surface area contributed by atoms with Crippen molar-refractivity contribution in [2.45, 2.75) is 51.6 Å². The number of unbranched alkanes of at least 4 members (excludes halogenated alkanes) is 3. The monoisotopic (exact) mass is 305 g/mol. The van der Waals surface area contributed by atoms with E-state index in [1.54, 1.807) is 0 Å². The molecule has 2 rings (SSSR count). The third-order valence-corrected chi connectivity index (χ3v) is 3.97. The average Bonchev–Trinajstić information content (AvgIpc) is 2.88. The van der Waals surface area contributed by atoms with Crippen LogP contribution in [0, 0.1) is 0 Å². The third-order valence-electron chi connectivity index (χ3n) is 3.97. The Morgan fingerprint density at radius 2 is 1.82 bits per heavy atom. The fourth-order valence-electron chi connectivity index (χ4n) is 2.77. The summed E-state index contributed by atoms with van der Waals surface area (Å²) in [4.78, 5) is 24.1. The molecule has 1 N–H and O–H groups in total. The largest absolute Gasteiger partial charge is 0.465 e. The van der Waals surface area contributed by atoms with Crippen molar-refractivity contribution in [1.82, 2.24) is 4.90 Å². The van der Waals surface area contributed by atoms with E-state index in [2.05, 4.69) is 6.92 Å². The standard InChI is InChI=1S/C17H23NO4/c1-2-3-4-7-10-18(16(19)20)17(21)22-15-11-13-8-5-6-9-14(13)12-15/h5-6,8-9,15H,2-4,7,10-12H2,1H3,(H,19,20). The van der Waals surface area contributed by atoms with Crippen LogP contribution in [-0.4, -0.2) is 34.8 Å². The molecule has 5 heteroatoms. The second kappa shape index (κ2) is 7.82. The number of benzene rings is 1. The van der Waals surface area contributed by atoms with Gasteiger partial charge in [0.15, 0.2) is 0 Å². The number of nitrogens with zero attached hydrogens (tertiary/aromatic N) is 1. The minimum atomic E-state index is -1.24. The van der Waals surface area contributed by atoms with E-state index >= 15 is 0 Å². The molecule has 1 aliphatic rings. The summed E-state index contributed by atoms with van der Waals surface area (Å²) in [6, 6.07) is 7.95. The number of imide groups is 1. The van der Waals surface area contributed by atoms with Crippen LogP contribution in [-0.2, 0) is 17.6 Å². The maximum Gasteiger partial charge on any atom is 0.419 e. The summed E-state index contributed by atoms with van der Waals surface area (Å²) in [6.07, 6.45) is 2.78. The first-order valence-corrected chi connectivity index (χ1v) is 7.89. The maximum atomic E-state index is 12.1. The van der Waals surface area contributed by atoms with Crippen LogP contribution in [0.1, 0.15) is 43.7 Å². The molecule has 5 nitrogen and oxygen atoms in total. The van der Waals surface area contributed by atoms with Gasteiger partial charge in [0.1, 0.15) is 6.10 Å². The third kappa shape index (κ3) is 4.23. The molecule has 0 radical (unpaired) electrons. The van der Waals surface area contributed by atoms with Crippen molar-refractivity contribution in [3.05, 3.63) is 35.4 Å². The molecular weight excluding hydrogens is 282 g/mol. The lowest BCUT2D eigenvalue weighted by Gasteiger charge is -2.19. The summed E-state index contributed by atoms with van der Waals surface area (Å²) in [5, 5.41) is 9.17. The summed E-state index contributed by atoms with van der Waals surface area (Å²) < 4.78 is 5.38.